The lowest BCUT2D eigenvalue weighted by molar-refractivity contribution is -0.123. The molecule has 5 nitrogen and oxygen atoms in total. The van der Waals surface area contributed by atoms with Crippen molar-refractivity contribution in [1.29, 1.82) is 0 Å². The van der Waals surface area contributed by atoms with E-state index in [9.17, 15) is 4.79 Å². The van der Waals surface area contributed by atoms with Crippen LogP contribution in [0.4, 0.5) is 0 Å². The maximum Gasteiger partial charge on any atom is 0.257 e. The van der Waals surface area contributed by atoms with Crippen LogP contribution in [0.5, 0.6) is 11.5 Å². The minimum atomic E-state index is -0.101. The number of benzene rings is 1. The molecule has 1 aliphatic heterocycles. The first-order valence-corrected chi connectivity index (χ1v) is 8.14. The van der Waals surface area contributed by atoms with Crippen molar-refractivity contribution in [2.24, 2.45) is 5.92 Å². The van der Waals surface area contributed by atoms with Gasteiger partial charge in [-0.15, -0.1) is 12.4 Å². The number of hydrogen-bond acceptors (Lipinski definition) is 4. The fourth-order valence-corrected chi connectivity index (χ4v) is 2.67. The van der Waals surface area contributed by atoms with Crippen LogP contribution in [0.3, 0.4) is 0 Å². The number of carbonyl (C=O) groups excluding carboxylic acids is 1. The Hall–Kier alpha value is -1.72. The fraction of sp³-hybridized carbons (Fsp3) is 0.500. The van der Waals surface area contributed by atoms with E-state index in [1.165, 1.54) is 6.42 Å². The summed E-state index contributed by atoms with van der Waals surface area (Å²) < 4.78 is 10.9. The summed E-state index contributed by atoms with van der Waals surface area (Å²) in [5.41, 5.74) is 1.03. The Kier molecular flexibility index (Phi) is 9.27. The SMILES string of the molecule is C/C=C/c1ccc(OCC(=O)NCCC2CCNC2)c(OC)c1.Cl. The number of halogens is 1. The van der Waals surface area contributed by atoms with Crippen LogP contribution in [0.25, 0.3) is 6.08 Å². The van der Waals surface area contributed by atoms with E-state index in [1.54, 1.807) is 7.11 Å². The second-order valence-electron chi connectivity index (χ2n) is 5.70. The van der Waals surface area contributed by atoms with Gasteiger partial charge in [0.15, 0.2) is 18.1 Å². The third-order valence-electron chi connectivity index (χ3n) is 3.94. The molecule has 2 rings (SSSR count). The van der Waals surface area contributed by atoms with Gasteiger partial charge in [-0.1, -0.05) is 18.2 Å². The Balaban J connectivity index is 0.00000288. The minimum absolute atomic E-state index is 0. The van der Waals surface area contributed by atoms with Gasteiger partial charge in [-0.2, -0.15) is 0 Å². The van der Waals surface area contributed by atoms with Gasteiger partial charge in [-0.3, -0.25) is 4.79 Å². The first-order chi connectivity index (χ1) is 11.2. The van der Waals surface area contributed by atoms with E-state index in [4.69, 9.17) is 9.47 Å². The summed E-state index contributed by atoms with van der Waals surface area (Å²) >= 11 is 0. The van der Waals surface area contributed by atoms with Crippen molar-refractivity contribution in [3.05, 3.63) is 29.8 Å². The van der Waals surface area contributed by atoms with Crippen LogP contribution in [-0.4, -0.2) is 39.3 Å². The van der Waals surface area contributed by atoms with Crippen molar-refractivity contribution in [3.63, 3.8) is 0 Å². The normalized spacial score (nSPS) is 16.7. The van der Waals surface area contributed by atoms with Crippen LogP contribution < -0.4 is 20.1 Å². The molecule has 1 aromatic rings. The highest BCUT2D eigenvalue weighted by Crippen LogP contribution is 2.28. The summed E-state index contributed by atoms with van der Waals surface area (Å²) in [4.78, 5) is 11.9. The highest BCUT2D eigenvalue weighted by molar-refractivity contribution is 5.85. The molecule has 134 valence electrons. The van der Waals surface area contributed by atoms with E-state index in [1.807, 2.05) is 37.3 Å². The molecule has 1 aromatic carbocycles. The lowest BCUT2D eigenvalue weighted by Crippen LogP contribution is -2.31. The molecule has 2 N–H and O–H groups in total. The number of methoxy groups -OCH3 is 1. The number of hydrogen-bond donors (Lipinski definition) is 2. The van der Waals surface area contributed by atoms with Crippen LogP contribution >= 0.6 is 12.4 Å². The van der Waals surface area contributed by atoms with Crippen LogP contribution in [0.2, 0.25) is 0 Å². The molecular weight excluding hydrogens is 328 g/mol. The molecule has 1 saturated heterocycles. The van der Waals surface area contributed by atoms with Gasteiger partial charge in [-0.25, -0.2) is 0 Å². The van der Waals surface area contributed by atoms with Crippen molar-refractivity contribution in [2.45, 2.75) is 19.8 Å². The molecule has 1 unspecified atom stereocenters. The fourth-order valence-electron chi connectivity index (χ4n) is 2.67. The molecule has 1 atom stereocenters. The van der Waals surface area contributed by atoms with Crippen LogP contribution in [0.1, 0.15) is 25.3 Å². The lowest BCUT2D eigenvalue weighted by atomic mass is 10.1. The monoisotopic (exact) mass is 354 g/mol. The molecule has 1 fully saturated rings. The van der Waals surface area contributed by atoms with Gasteiger partial charge in [0.2, 0.25) is 0 Å². The first kappa shape index (κ1) is 20.3. The molecule has 0 radical (unpaired) electrons. The van der Waals surface area contributed by atoms with E-state index in [0.717, 1.165) is 25.1 Å². The van der Waals surface area contributed by atoms with Crippen LogP contribution in [0.15, 0.2) is 24.3 Å². The summed E-state index contributed by atoms with van der Waals surface area (Å²) in [5, 5.41) is 6.23. The van der Waals surface area contributed by atoms with Gasteiger partial charge in [0.05, 0.1) is 7.11 Å². The summed E-state index contributed by atoms with van der Waals surface area (Å²) in [5.74, 6) is 1.78. The Bertz CT molecular complexity index is 543. The van der Waals surface area contributed by atoms with Gasteiger partial charge >= 0.3 is 0 Å². The molecule has 0 aliphatic carbocycles. The van der Waals surface area contributed by atoms with Gasteiger partial charge in [0, 0.05) is 6.54 Å². The number of amides is 1. The average Bonchev–Trinajstić information content (AvgIpc) is 3.07. The number of carbonyl (C=O) groups is 1. The van der Waals surface area contributed by atoms with Crippen molar-refractivity contribution >= 4 is 24.4 Å². The topological polar surface area (TPSA) is 59.6 Å². The molecule has 6 heteroatoms. The zero-order chi connectivity index (χ0) is 16.5. The van der Waals surface area contributed by atoms with Gasteiger partial charge < -0.3 is 20.1 Å². The van der Waals surface area contributed by atoms with Crippen molar-refractivity contribution in [3.8, 4) is 11.5 Å². The zero-order valence-corrected chi connectivity index (χ0v) is 15.2. The van der Waals surface area contributed by atoms with E-state index < -0.39 is 0 Å². The minimum Gasteiger partial charge on any atom is -0.493 e. The molecule has 1 aliphatic rings. The van der Waals surface area contributed by atoms with Crippen molar-refractivity contribution < 1.29 is 14.3 Å². The second kappa shape index (κ2) is 10.9. The second-order valence-corrected chi connectivity index (χ2v) is 5.70. The average molecular weight is 355 g/mol. The molecule has 1 amide bonds. The smallest absolute Gasteiger partial charge is 0.257 e. The van der Waals surface area contributed by atoms with Crippen LogP contribution in [-0.2, 0) is 4.79 Å². The predicted molar refractivity (Wildman–Crippen MR) is 99.0 cm³/mol. The van der Waals surface area contributed by atoms with E-state index >= 15 is 0 Å². The number of allylic oxidation sites excluding steroid dienone is 1. The highest BCUT2D eigenvalue weighted by atomic mass is 35.5. The lowest BCUT2D eigenvalue weighted by Gasteiger charge is -2.12. The predicted octanol–water partition coefficient (Wildman–Crippen LogP) is 2.64. The molecule has 24 heavy (non-hydrogen) atoms. The quantitative estimate of drug-likeness (QED) is 0.753. The third kappa shape index (κ3) is 6.42. The van der Waals surface area contributed by atoms with Gasteiger partial charge in [-0.05, 0) is 56.5 Å². The number of ether oxygens (including phenoxy) is 2. The molecule has 0 spiro atoms. The molecule has 1 heterocycles. The van der Waals surface area contributed by atoms with Crippen molar-refractivity contribution in [2.75, 3.05) is 33.4 Å². The highest BCUT2D eigenvalue weighted by Gasteiger charge is 2.14. The van der Waals surface area contributed by atoms with Crippen LogP contribution in [0, 0.1) is 5.92 Å². The van der Waals surface area contributed by atoms with E-state index in [0.29, 0.717) is 24.0 Å². The maximum atomic E-state index is 11.9. The Morgan fingerprint density at radius 1 is 1.42 bits per heavy atom. The van der Waals surface area contributed by atoms with Gasteiger partial charge in [0.25, 0.3) is 5.91 Å². The molecule has 0 bridgehead atoms. The standard InChI is InChI=1S/C18H26N2O3.ClH/c1-3-4-14-5-6-16(17(11-14)22-2)23-13-18(21)20-10-8-15-7-9-19-12-15;/h3-6,11,15,19H,7-10,12-13H2,1-2H3,(H,20,21);1H/b4-3+;. The van der Waals surface area contributed by atoms with Gasteiger partial charge in [0.1, 0.15) is 0 Å². The summed E-state index contributed by atoms with van der Waals surface area (Å²) in [6.45, 7) is 4.81. The Labute approximate surface area is 150 Å². The Morgan fingerprint density at radius 2 is 2.25 bits per heavy atom. The Morgan fingerprint density at radius 3 is 2.92 bits per heavy atom. The summed E-state index contributed by atoms with van der Waals surface area (Å²) in [6, 6.07) is 5.65. The van der Waals surface area contributed by atoms with Crippen molar-refractivity contribution in [1.82, 2.24) is 10.6 Å². The first-order valence-electron chi connectivity index (χ1n) is 8.14. The largest absolute Gasteiger partial charge is 0.493 e. The van der Waals surface area contributed by atoms with E-state index in [-0.39, 0.29) is 24.9 Å². The zero-order valence-electron chi connectivity index (χ0n) is 14.3. The molecule has 0 saturated carbocycles. The number of rotatable bonds is 8. The molecular formula is C18H27ClN2O3. The maximum absolute atomic E-state index is 11.9. The summed E-state index contributed by atoms with van der Waals surface area (Å²) in [7, 11) is 1.59. The summed E-state index contributed by atoms with van der Waals surface area (Å²) in [6.07, 6.45) is 6.15. The molecule has 0 aromatic heterocycles. The third-order valence-corrected chi connectivity index (χ3v) is 3.94. The number of nitrogens with one attached hydrogen (secondary N) is 2. The van der Waals surface area contributed by atoms with E-state index in [2.05, 4.69) is 10.6 Å².